The standard InChI is InChI=1S/C12H25NO2/c1-9(2)8-10(3)15-11(14)6-7-12(4,5)13/h9-10H,6-8,13H2,1-5H3. The molecule has 1 unspecified atom stereocenters. The maximum atomic E-state index is 11.4. The molecule has 0 aromatic rings. The van der Waals surface area contributed by atoms with Crippen LogP contribution in [0.15, 0.2) is 0 Å². The highest BCUT2D eigenvalue weighted by Crippen LogP contribution is 2.11. The number of rotatable bonds is 6. The van der Waals surface area contributed by atoms with E-state index in [2.05, 4.69) is 13.8 Å². The van der Waals surface area contributed by atoms with E-state index in [-0.39, 0.29) is 17.6 Å². The first-order valence-electron chi connectivity index (χ1n) is 5.69. The number of esters is 1. The fraction of sp³-hybridized carbons (Fsp3) is 0.917. The summed E-state index contributed by atoms with van der Waals surface area (Å²) in [5, 5.41) is 0. The Morgan fingerprint density at radius 2 is 1.87 bits per heavy atom. The van der Waals surface area contributed by atoms with Crippen LogP contribution < -0.4 is 5.73 Å². The van der Waals surface area contributed by atoms with Gasteiger partial charge in [0, 0.05) is 12.0 Å². The molecule has 2 N–H and O–H groups in total. The highest BCUT2D eigenvalue weighted by molar-refractivity contribution is 5.69. The minimum absolute atomic E-state index is 0.0124. The van der Waals surface area contributed by atoms with E-state index < -0.39 is 0 Å². The first kappa shape index (κ1) is 14.4. The molecule has 0 fully saturated rings. The average molecular weight is 215 g/mol. The summed E-state index contributed by atoms with van der Waals surface area (Å²) in [6.07, 6.45) is 2.00. The van der Waals surface area contributed by atoms with Gasteiger partial charge in [0.1, 0.15) is 0 Å². The third kappa shape index (κ3) is 9.73. The lowest BCUT2D eigenvalue weighted by atomic mass is 10.0. The van der Waals surface area contributed by atoms with Crippen molar-refractivity contribution in [1.29, 1.82) is 0 Å². The number of nitrogens with two attached hydrogens (primary N) is 1. The molecule has 0 saturated carbocycles. The zero-order chi connectivity index (χ0) is 12.1. The van der Waals surface area contributed by atoms with Gasteiger partial charge in [0.15, 0.2) is 0 Å². The first-order chi connectivity index (χ1) is 6.70. The lowest BCUT2D eigenvalue weighted by Gasteiger charge is -2.19. The van der Waals surface area contributed by atoms with Crippen molar-refractivity contribution in [2.75, 3.05) is 0 Å². The van der Waals surface area contributed by atoms with Crippen molar-refractivity contribution in [1.82, 2.24) is 0 Å². The SMILES string of the molecule is CC(C)CC(C)OC(=O)CCC(C)(C)N. The van der Waals surface area contributed by atoms with Crippen LogP contribution in [0.3, 0.4) is 0 Å². The Morgan fingerprint density at radius 1 is 1.33 bits per heavy atom. The van der Waals surface area contributed by atoms with E-state index in [0.29, 0.717) is 18.8 Å². The smallest absolute Gasteiger partial charge is 0.306 e. The summed E-state index contributed by atoms with van der Waals surface area (Å²) in [4.78, 5) is 11.4. The number of carbonyl (C=O) groups is 1. The van der Waals surface area contributed by atoms with Crippen LogP contribution in [0.5, 0.6) is 0 Å². The average Bonchev–Trinajstić information content (AvgIpc) is 1.97. The van der Waals surface area contributed by atoms with Crippen molar-refractivity contribution < 1.29 is 9.53 Å². The molecule has 0 aromatic carbocycles. The molecule has 0 amide bonds. The molecular weight excluding hydrogens is 190 g/mol. The number of carbonyl (C=O) groups excluding carboxylic acids is 1. The van der Waals surface area contributed by atoms with Gasteiger partial charge in [-0.3, -0.25) is 4.79 Å². The number of ether oxygens (including phenoxy) is 1. The largest absolute Gasteiger partial charge is 0.463 e. The van der Waals surface area contributed by atoms with Crippen LogP contribution in [0, 0.1) is 5.92 Å². The van der Waals surface area contributed by atoms with Gasteiger partial charge in [0.2, 0.25) is 0 Å². The van der Waals surface area contributed by atoms with Crippen molar-refractivity contribution in [2.45, 2.75) is 65.5 Å². The van der Waals surface area contributed by atoms with Crippen LogP contribution in [0.4, 0.5) is 0 Å². The molecule has 0 aliphatic heterocycles. The van der Waals surface area contributed by atoms with E-state index in [1.54, 1.807) is 0 Å². The van der Waals surface area contributed by atoms with Crippen LogP contribution in [0.2, 0.25) is 0 Å². The molecule has 0 spiro atoms. The summed E-state index contributed by atoms with van der Waals surface area (Å²) in [5.41, 5.74) is 5.50. The Bertz CT molecular complexity index is 194. The Kier molecular flexibility index (Phi) is 5.88. The highest BCUT2D eigenvalue weighted by atomic mass is 16.5. The van der Waals surface area contributed by atoms with Crippen molar-refractivity contribution in [3.8, 4) is 0 Å². The van der Waals surface area contributed by atoms with E-state index in [4.69, 9.17) is 10.5 Å². The predicted octanol–water partition coefficient (Wildman–Crippen LogP) is 2.48. The molecule has 0 radical (unpaired) electrons. The van der Waals surface area contributed by atoms with Gasteiger partial charge >= 0.3 is 5.97 Å². The molecule has 3 nitrogen and oxygen atoms in total. The molecule has 0 aliphatic carbocycles. The van der Waals surface area contributed by atoms with Gasteiger partial charge in [-0.15, -0.1) is 0 Å². The second-order valence-corrected chi connectivity index (χ2v) is 5.42. The molecule has 0 bridgehead atoms. The zero-order valence-electron chi connectivity index (χ0n) is 10.7. The molecule has 15 heavy (non-hydrogen) atoms. The quantitative estimate of drug-likeness (QED) is 0.692. The molecule has 0 heterocycles. The summed E-state index contributed by atoms with van der Waals surface area (Å²) in [6.45, 7) is 10.0. The Hall–Kier alpha value is -0.570. The van der Waals surface area contributed by atoms with Crippen LogP contribution in [0.25, 0.3) is 0 Å². The Labute approximate surface area is 93.4 Å². The molecule has 0 aliphatic rings. The Balaban J connectivity index is 3.74. The molecule has 0 aromatic heterocycles. The molecule has 3 heteroatoms. The first-order valence-corrected chi connectivity index (χ1v) is 5.69. The zero-order valence-corrected chi connectivity index (χ0v) is 10.7. The topological polar surface area (TPSA) is 52.3 Å². The molecule has 90 valence electrons. The van der Waals surface area contributed by atoms with Crippen LogP contribution in [-0.2, 0) is 9.53 Å². The molecular formula is C12H25NO2. The number of hydrogen-bond acceptors (Lipinski definition) is 3. The monoisotopic (exact) mass is 215 g/mol. The van der Waals surface area contributed by atoms with Gasteiger partial charge in [0.25, 0.3) is 0 Å². The fourth-order valence-electron chi connectivity index (χ4n) is 1.42. The summed E-state index contributed by atoms with van der Waals surface area (Å²) in [6, 6.07) is 0. The van der Waals surface area contributed by atoms with Crippen molar-refractivity contribution in [2.24, 2.45) is 11.7 Å². The third-order valence-corrected chi connectivity index (χ3v) is 2.11. The van der Waals surface area contributed by atoms with Gasteiger partial charge in [-0.25, -0.2) is 0 Å². The summed E-state index contributed by atoms with van der Waals surface area (Å²) in [5.74, 6) is 0.417. The molecule has 0 rings (SSSR count). The van der Waals surface area contributed by atoms with Gasteiger partial charge < -0.3 is 10.5 Å². The second kappa shape index (κ2) is 6.11. The van der Waals surface area contributed by atoms with Crippen LogP contribution >= 0.6 is 0 Å². The second-order valence-electron chi connectivity index (χ2n) is 5.42. The van der Waals surface area contributed by atoms with Gasteiger partial charge in [-0.1, -0.05) is 13.8 Å². The summed E-state index contributed by atoms with van der Waals surface area (Å²) >= 11 is 0. The third-order valence-electron chi connectivity index (χ3n) is 2.11. The van der Waals surface area contributed by atoms with Crippen molar-refractivity contribution in [3.05, 3.63) is 0 Å². The lowest BCUT2D eigenvalue weighted by Crippen LogP contribution is -2.32. The van der Waals surface area contributed by atoms with Gasteiger partial charge in [-0.2, -0.15) is 0 Å². The van der Waals surface area contributed by atoms with Gasteiger partial charge in [-0.05, 0) is 39.5 Å². The summed E-state index contributed by atoms with van der Waals surface area (Å²) in [7, 11) is 0. The maximum absolute atomic E-state index is 11.4. The fourth-order valence-corrected chi connectivity index (χ4v) is 1.42. The van der Waals surface area contributed by atoms with E-state index in [9.17, 15) is 4.79 Å². The van der Waals surface area contributed by atoms with Crippen molar-refractivity contribution >= 4 is 5.97 Å². The van der Waals surface area contributed by atoms with E-state index in [1.807, 2.05) is 20.8 Å². The molecule has 0 saturated heterocycles. The minimum Gasteiger partial charge on any atom is -0.463 e. The predicted molar refractivity (Wildman–Crippen MR) is 62.5 cm³/mol. The normalized spacial score (nSPS) is 14.1. The Morgan fingerprint density at radius 3 is 2.27 bits per heavy atom. The van der Waals surface area contributed by atoms with Crippen LogP contribution in [0.1, 0.15) is 53.9 Å². The minimum atomic E-state index is -0.291. The van der Waals surface area contributed by atoms with E-state index in [0.717, 1.165) is 6.42 Å². The highest BCUT2D eigenvalue weighted by Gasteiger charge is 2.16. The van der Waals surface area contributed by atoms with Gasteiger partial charge in [0.05, 0.1) is 6.10 Å². The lowest BCUT2D eigenvalue weighted by molar-refractivity contribution is -0.149. The molecule has 1 atom stereocenters. The maximum Gasteiger partial charge on any atom is 0.306 e. The van der Waals surface area contributed by atoms with Crippen LogP contribution in [-0.4, -0.2) is 17.6 Å². The van der Waals surface area contributed by atoms with Crippen molar-refractivity contribution in [3.63, 3.8) is 0 Å². The summed E-state index contributed by atoms with van der Waals surface area (Å²) < 4.78 is 5.26. The van der Waals surface area contributed by atoms with E-state index in [1.165, 1.54) is 0 Å². The number of hydrogen-bond donors (Lipinski definition) is 1. The van der Waals surface area contributed by atoms with E-state index >= 15 is 0 Å².